The van der Waals surface area contributed by atoms with E-state index in [1.807, 2.05) is 28.9 Å². The van der Waals surface area contributed by atoms with Crippen molar-refractivity contribution in [2.75, 3.05) is 39.4 Å². The number of nitrogens with zero attached hydrogens (tertiary/aromatic N) is 2. The Morgan fingerprint density at radius 2 is 1.73 bits per heavy atom. The summed E-state index contributed by atoms with van der Waals surface area (Å²) >= 11 is 5.95. The number of hydrogen-bond acceptors (Lipinski definition) is 4. The van der Waals surface area contributed by atoms with E-state index in [0.29, 0.717) is 25.6 Å². The van der Waals surface area contributed by atoms with Crippen LogP contribution >= 0.6 is 11.6 Å². The molecule has 1 atom stereocenters. The molecule has 1 aromatic carbocycles. The highest BCUT2D eigenvalue weighted by molar-refractivity contribution is 6.30. The van der Waals surface area contributed by atoms with Crippen molar-refractivity contribution in [2.24, 2.45) is 11.8 Å². The van der Waals surface area contributed by atoms with Gasteiger partial charge in [0.25, 0.3) is 6.47 Å². The molecule has 1 N–H and O–H groups in total. The van der Waals surface area contributed by atoms with E-state index < -0.39 is 0 Å². The Labute approximate surface area is 182 Å². The fourth-order valence-electron chi connectivity index (χ4n) is 4.07. The molecule has 2 fully saturated rings. The van der Waals surface area contributed by atoms with E-state index in [1.165, 1.54) is 5.56 Å². The Morgan fingerprint density at radius 3 is 2.33 bits per heavy atom. The first-order valence-corrected chi connectivity index (χ1v) is 10.8. The second kappa shape index (κ2) is 12.5. The molecule has 0 saturated carbocycles. The highest BCUT2D eigenvalue weighted by Crippen LogP contribution is 2.26. The molecule has 3 rings (SSSR count). The molecule has 1 aromatic rings. The third-order valence-corrected chi connectivity index (χ3v) is 5.91. The van der Waals surface area contributed by atoms with Gasteiger partial charge < -0.3 is 19.6 Å². The molecule has 2 aliphatic rings. The van der Waals surface area contributed by atoms with E-state index in [1.54, 1.807) is 0 Å². The van der Waals surface area contributed by atoms with Gasteiger partial charge in [-0.05, 0) is 56.2 Å². The molecule has 0 aromatic heterocycles. The number of hydrogen-bond donors (Lipinski definition) is 1. The van der Waals surface area contributed by atoms with Crippen LogP contribution in [0.25, 0.3) is 0 Å². The third-order valence-electron chi connectivity index (χ3n) is 5.66. The van der Waals surface area contributed by atoms with Crippen molar-refractivity contribution >= 4 is 29.9 Å². The zero-order valence-electron chi connectivity index (χ0n) is 17.5. The molecule has 0 radical (unpaired) electrons. The predicted molar refractivity (Wildman–Crippen MR) is 114 cm³/mol. The summed E-state index contributed by atoms with van der Waals surface area (Å²) in [6.45, 7) is 5.33. The number of carbonyl (C=O) groups is 3. The van der Waals surface area contributed by atoms with Crippen molar-refractivity contribution in [3.05, 3.63) is 34.9 Å². The van der Waals surface area contributed by atoms with Crippen molar-refractivity contribution in [3.8, 4) is 0 Å². The van der Waals surface area contributed by atoms with Crippen LogP contribution in [0.4, 0.5) is 0 Å². The lowest BCUT2D eigenvalue weighted by Gasteiger charge is -2.33. The second-order valence-electron chi connectivity index (χ2n) is 7.67. The van der Waals surface area contributed by atoms with Gasteiger partial charge >= 0.3 is 0 Å². The number of amides is 2. The molecule has 0 spiro atoms. The average Bonchev–Trinajstić information content (AvgIpc) is 3.22. The minimum atomic E-state index is -0.250. The molecule has 166 valence electrons. The molecule has 0 aliphatic carbocycles. The van der Waals surface area contributed by atoms with Crippen LogP contribution in [0.1, 0.15) is 31.7 Å². The molecule has 8 heteroatoms. The van der Waals surface area contributed by atoms with E-state index in [2.05, 4.69) is 12.1 Å². The Morgan fingerprint density at radius 1 is 1.13 bits per heavy atom. The van der Waals surface area contributed by atoms with Crippen molar-refractivity contribution < 1.29 is 24.2 Å². The Hall–Kier alpha value is -2.12. The topological polar surface area (TPSA) is 87.2 Å². The number of ether oxygens (including phenoxy) is 1. The highest BCUT2D eigenvalue weighted by atomic mass is 35.5. The van der Waals surface area contributed by atoms with Gasteiger partial charge in [0.15, 0.2) is 0 Å². The van der Waals surface area contributed by atoms with Gasteiger partial charge in [-0.1, -0.05) is 23.7 Å². The quantitative estimate of drug-likeness (QED) is 0.690. The summed E-state index contributed by atoms with van der Waals surface area (Å²) in [6.07, 6.45) is 3.56. The van der Waals surface area contributed by atoms with Crippen molar-refractivity contribution in [3.63, 3.8) is 0 Å². The summed E-state index contributed by atoms with van der Waals surface area (Å²) in [5.41, 5.74) is 1.28. The summed E-state index contributed by atoms with van der Waals surface area (Å²) in [4.78, 5) is 37.1. The van der Waals surface area contributed by atoms with E-state index in [4.69, 9.17) is 26.2 Å². The van der Waals surface area contributed by atoms with Gasteiger partial charge in [0, 0.05) is 43.7 Å². The van der Waals surface area contributed by atoms with Crippen LogP contribution in [0.5, 0.6) is 0 Å². The zero-order valence-corrected chi connectivity index (χ0v) is 18.2. The summed E-state index contributed by atoms with van der Waals surface area (Å²) in [5.74, 6) is 0.871. The normalized spacial score (nSPS) is 19.2. The van der Waals surface area contributed by atoms with Crippen molar-refractivity contribution in [1.82, 2.24) is 9.80 Å². The minimum Gasteiger partial charge on any atom is -0.483 e. The molecule has 2 aliphatic heterocycles. The van der Waals surface area contributed by atoms with Gasteiger partial charge in [0.2, 0.25) is 11.8 Å². The van der Waals surface area contributed by atoms with Gasteiger partial charge in [-0.2, -0.15) is 0 Å². The monoisotopic (exact) mass is 438 g/mol. The van der Waals surface area contributed by atoms with Crippen LogP contribution in [-0.4, -0.2) is 72.6 Å². The van der Waals surface area contributed by atoms with Crippen LogP contribution in [0.15, 0.2) is 24.3 Å². The molecule has 2 amide bonds. The van der Waals surface area contributed by atoms with Crippen LogP contribution in [0.2, 0.25) is 5.02 Å². The molecule has 7 nitrogen and oxygen atoms in total. The predicted octanol–water partition coefficient (Wildman–Crippen LogP) is 2.71. The third kappa shape index (κ3) is 7.29. The summed E-state index contributed by atoms with van der Waals surface area (Å²) in [5, 5.41) is 7.65. The minimum absolute atomic E-state index is 0.0342. The largest absolute Gasteiger partial charge is 0.483 e. The van der Waals surface area contributed by atoms with Crippen molar-refractivity contribution in [1.29, 1.82) is 0 Å². The first-order valence-electron chi connectivity index (χ1n) is 10.4. The average molecular weight is 439 g/mol. The van der Waals surface area contributed by atoms with Gasteiger partial charge in [0.05, 0.1) is 0 Å². The maximum atomic E-state index is 12.9. The van der Waals surface area contributed by atoms with Crippen LogP contribution in [0.3, 0.4) is 0 Å². The lowest BCUT2D eigenvalue weighted by Crippen LogP contribution is -2.45. The standard InChI is InChI=1S/C21H29ClN2O3.CH2O2/c1-2-27-15-20(25)23-11-8-18(9-12-23)21(26)24-10-7-17(14-24)13-16-3-5-19(22)6-4-16;2-1-3/h3-6,17-18H,2,7-15H2,1H3;1H,(H,2,3). The molecular formula is C22H31ClN2O5. The molecule has 2 saturated heterocycles. The first kappa shape index (κ1) is 24.2. The fraction of sp³-hybridized carbons (Fsp3) is 0.591. The van der Waals surface area contributed by atoms with Crippen LogP contribution < -0.4 is 0 Å². The van der Waals surface area contributed by atoms with Crippen LogP contribution in [0, 0.1) is 11.8 Å². The molecule has 30 heavy (non-hydrogen) atoms. The maximum Gasteiger partial charge on any atom is 0.290 e. The first-order chi connectivity index (χ1) is 14.5. The highest BCUT2D eigenvalue weighted by Gasteiger charge is 2.33. The number of benzene rings is 1. The van der Waals surface area contributed by atoms with E-state index >= 15 is 0 Å². The number of carbonyl (C=O) groups excluding carboxylic acids is 2. The summed E-state index contributed by atoms with van der Waals surface area (Å²) in [6, 6.07) is 7.99. The van der Waals surface area contributed by atoms with E-state index in [9.17, 15) is 9.59 Å². The van der Waals surface area contributed by atoms with Crippen LogP contribution in [-0.2, 0) is 25.5 Å². The maximum absolute atomic E-state index is 12.9. The SMILES string of the molecule is CCOCC(=O)N1CCC(C(=O)N2CCC(Cc3ccc(Cl)cc3)C2)CC1.O=CO. The molecule has 0 bridgehead atoms. The Bertz CT molecular complexity index is 689. The number of carboxylic acid groups (broad SMARTS) is 1. The number of likely N-dealkylation sites (tertiary alicyclic amines) is 2. The van der Waals surface area contributed by atoms with Gasteiger partial charge in [0.1, 0.15) is 6.61 Å². The van der Waals surface area contributed by atoms with E-state index in [-0.39, 0.29) is 30.8 Å². The number of halogens is 1. The molecule has 2 heterocycles. The zero-order chi connectivity index (χ0) is 21.9. The second-order valence-corrected chi connectivity index (χ2v) is 8.10. The molecule has 1 unspecified atom stereocenters. The summed E-state index contributed by atoms with van der Waals surface area (Å²) < 4.78 is 5.20. The van der Waals surface area contributed by atoms with Gasteiger partial charge in [-0.15, -0.1) is 0 Å². The number of rotatable bonds is 6. The fourth-order valence-corrected chi connectivity index (χ4v) is 4.19. The van der Waals surface area contributed by atoms with Crippen molar-refractivity contribution in [2.45, 2.75) is 32.6 Å². The Balaban J connectivity index is 0.00000101. The lowest BCUT2D eigenvalue weighted by molar-refractivity contribution is -0.142. The summed E-state index contributed by atoms with van der Waals surface area (Å²) in [7, 11) is 0. The smallest absolute Gasteiger partial charge is 0.290 e. The van der Waals surface area contributed by atoms with Gasteiger partial charge in [-0.3, -0.25) is 14.4 Å². The van der Waals surface area contributed by atoms with Gasteiger partial charge in [-0.25, -0.2) is 0 Å². The molecular weight excluding hydrogens is 408 g/mol. The lowest BCUT2D eigenvalue weighted by atomic mass is 9.95. The number of piperidine rings is 1. The van der Waals surface area contributed by atoms with E-state index in [0.717, 1.165) is 43.8 Å². The Kier molecular flexibility index (Phi) is 10.1.